The van der Waals surface area contributed by atoms with E-state index in [4.69, 9.17) is 27.9 Å². The van der Waals surface area contributed by atoms with Crippen molar-refractivity contribution in [1.82, 2.24) is 4.90 Å². The maximum Gasteiger partial charge on any atom is 0.260 e. The molecule has 2 amide bonds. The number of ether oxygens (including phenoxy) is 1. The number of hydrogen-bond acceptors (Lipinski definition) is 3. The quantitative estimate of drug-likeness (QED) is 0.789. The molecule has 1 aliphatic carbocycles. The fraction of sp³-hybridized carbons (Fsp3) is 0.300. The minimum absolute atomic E-state index is 0.130. The summed E-state index contributed by atoms with van der Waals surface area (Å²) in [6.45, 7) is -0.261. The van der Waals surface area contributed by atoms with Gasteiger partial charge in [-0.3, -0.25) is 9.59 Å². The molecule has 0 aromatic heterocycles. The summed E-state index contributed by atoms with van der Waals surface area (Å²) in [6.07, 6.45) is 3.30. The van der Waals surface area contributed by atoms with E-state index >= 15 is 0 Å². The Bertz CT molecular complexity index is 850. The number of amides is 2. The van der Waals surface area contributed by atoms with Crippen molar-refractivity contribution in [1.29, 1.82) is 0 Å². The summed E-state index contributed by atoms with van der Waals surface area (Å²) in [6, 6.07) is 10.9. The molecule has 1 N–H and O–H groups in total. The van der Waals surface area contributed by atoms with Crippen LogP contribution in [0.5, 0.6) is 5.75 Å². The Labute approximate surface area is 168 Å². The van der Waals surface area contributed by atoms with Crippen LogP contribution in [0.4, 0.5) is 5.69 Å². The summed E-state index contributed by atoms with van der Waals surface area (Å²) in [5, 5.41) is 3.30. The SMILES string of the molecule is CN(CC(=O)Nc1c(Cl)cccc1Cl)C(=O)COc1ccc2c(c1)CCC2. The number of carbonyl (C=O) groups is 2. The second kappa shape index (κ2) is 8.63. The molecule has 0 heterocycles. The lowest BCUT2D eigenvalue weighted by Gasteiger charge is -2.18. The molecule has 142 valence electrons. The van der Waals surface area contributed by atoms with Crippen molar-refractivity contribution in [2.24, 2.45) is 0 Å². The normalized spacial score (nSPS) is 12.4. The smallest absolute Gasteiger partial charge is 0.260 e. The molecule has 0 unspecified atom stereocenters. The zero-order valence-corrected chi connectivity index (χ0v) is 16.4. The zero-order chi connectivity index (χ0) is 19.4. The highest BCUT2D eigenvalue weighted by atomic mass is 35.5. The highest BCUT2D eigenvalue weighted by Crippen LogP contribution is 2.29. The van der Waals surface area contributed by atoms with Gasteiger partial charge in [-0.05, 0) is 54.7 Å². The van der Waals surface area contributed by atoms with Crippen LogP contribution in [-0.4, -0.2) is 36.9 Å². The van der Waals surface area contributed by atoms with Crippen LogP contribution in [0.25, 0.3) is 0 Å². The van der Waals surface area contributed by atoms with Crippen LogP contribution in [0, 0.1) is 0 Å². The van der Waals surface area contributed by atoms with E-state index in [1.165, 1.54) is 16.0 Å². The molecule has 7 heteroatoms. The standard InChI is InChI=1S/C20H20Cl2N2O3/c1-24(11-18(25)23-20-16(21)6-3-7-17(20)22)19(26)12-27-15-9-8-13-4-2-5-14(13)10-15/h3,6-10H,2,4-5,11-12H2,1H3,(H,23,25). The number of halogens is 2. The Morgan fingerprint density at radius 1 is 1.11 bits per heavy atom. The van der Waals surface area contributed by atoms with Crippen molar-refractivity contribution in [3.05, 3.63) is 57.6 Å². The first kappa shape index (κ1) is 19.5. The van der Waals surface area contributed by atoms with Crippen LogP contribution >= 0.6 is 23.2 Å². The van der Waals surface area contributed by atoms with E-state index in [2.05, 4.69) is 5.32 Å². The van der Waals surface area contributed by atoms with Crippen molar-refractivity contribution < 1.29 is 14.3 Å². The molecule has 0 bridgehead atoms. The molecular weight excluding hydrogens is 387 g/mol. The summed E-state index contributed by atoms with van der Waals surface area (Å²) in [5.41, 5.74) is 2.96. The number of nitrogens with zero attached hydrogens (tertiary/aromatic N) is 1. The molecule has 0 radical (unpaired) electrons. The summed E-state index contributed by atoms with van der Waals surface area (Å²) in [4.78, 5) is 25.7. The topological polar surface area (TPSA) is 58.6 Å². The number of likely N-dealkylation sites (N-methyl/N-ethyl adjacent to an activating group) is 1. The Morgan fingerprint density at radius 2 is 1.81 bits per heavy atom. The van der Waals surface area contributed by atoms with Gasteiger partial charge in [0.2, 0.25) is 5.91 Å². The van der Waals surface area contributed by atoms with Crippen LogP contribution < -0.4 is 10.1 Å². The summed E-state index contributed by atoms with van der Waals surface area (Å²) < 4.78 is 5.59. The number of rotatable bonds is 6. The monoisotopic (exact) mass is 406 g/mol. The van der Waals surface area contributed by atoms with Crippen LogP contribution in [0.1, 0.15) is 17.5 Å². The molecule has 2 aromatic carbocycles. The van der Waals surface area contributed by atoms with E-state index in [0.717, 1.165) is 19.3 Å². The Hall–Kier alpha value is -2.24. The molecule has 3 rings (SSSR count). The summed E-state index contributed by atoms with van der Waals surface area (Å²) in [7, 11) is 1.54. The number of para-hydroxylation sites is 1. The largest absolute Gasteiger partial charge is 0.484 e. The van der Waals surface area contributed by atoms with Gasteiger partial charge in [-0.25, -0.2) is 0 Å². The van der Waals surface area contributed by atoms with Crippen LogP contribution in [0.3, 0.4) is 0 Å². The van der Waals surface area contributed by atoms with Crippen LogP contribution in [0.15, 0.2) is 36.4 Å². The first-order chi connectivity index (χ1) is 12.9. The first-order valence-electron chi connectivity index (χ1n) is 8.66. The molecule has 0 atom stereocenters. The van der Waals surface area contributed by atoms with Crippen molar-refractivity contribution >= 4 is 40.7 Å². The minimum atomic E-state index is -0.390. The molecule has 0 saturated heterocycles. The zero-order valence-electron chi connectivity index (χ0n) is 14.9. The average Bonchev–Trinajstić information content (AvgIpc) is 3.10. The van der Waals surface area contributed by atoms with Gasteiger partial charge in [0.05, 0.1) is 22.3 Å². The number of hydrogen-bond donors (Lipinski definition) is 1. The lowest BCUT2D eigenvalue weighted by atomic mass is 10.1. The number of aryl methyl sites for hydroxylation is 2. The fourth-order valence-electron chi connectivity index (χ4n) is 2.99. The highest BCUT2D eigenvalue weighted by Gasteiger charge is 2.17. The molecular formula is C20H20Cl2N2O3. The Kier molecular flexibility index (Phi) is 6.24. The second-order valence-electron chi connectivity index (χ2n) is 6.47. The van der Waals surface area contributed by atoms with Gasteiger partial charge in [0.25, 0.3) is 5.91 Å². The predicted molar refractivity (Wildman–Crippen MR) is 107 cm³/mol. The molecule has 0 aliphatic heterocycles. The van der Waals surface area contributed by atoms with Gasteiger partial charge in [-0.1, -0.05) is 35.3 Å². The van der Waals surface area contributed by atoms with E-state index in [-0.39, 0.29) is 19.1 Å². The van der Waals surface area contributed by atoms with Gasteiger partial charge >= 0.3 is 0 Å². The molecule has 0 saturated carbocycles. The van der Waals surface area contributed by atoms with Gasteiger partial charge in [-0.2, -0.15) is 0 Å². The third-order valence-corrected chi connectivity index (χ3v) is 5.10. The summed E-state index contributed by atoms with van der Waals surface area (Å²) >= 11 is 12.1. The number of fused-ring (bicyclic) bond motifs is 1. The van der Waals surface area contributed by atoms with Gasteiger partial charge in [-0.15, -0.1) is 0 Å². The minimum Gasteiger partial charge on any atom is -0.484 e. The lowest BCUT2D eigenvalue weighted by molar-refractivity contribution is -0.135. The van der Waals surface area contributed by atoms with E-state index in [1.54, 1.807) is 25.2 Å². The average molecular weight is 407 g/mol. The fourth-order valence-corrected chi connectivity index (χ4v) is 3.48. The molecule has 0 fully saturated rings. The Balaban J connectivity index is 1.50. The molecule has 5 nitrogen and oxygen atoms in total. The lowest BCUT2D eigenvalue weighted by Crippen LogP contribution is -2.37. The Morgan fingerprint density at radius 3 is 2.56 bits per heavy atom. The molecule has 27 heavy (non-hydrogen) atoms. The summed E-state index contributed by atoms with van der Waals surface area (Å²) in [5.74, 6) is -0.0148. The second-order valence-corrected chi connectivity index (χ2v) is 7.28. The van der Waals surface area contributed by atoms with E-state index in [1.807, 2.05) is 18.2 Å². The van der Waals surface area contributed by atoms with E-state index in [0.29, 0.717) is 21.5 Å². The van der Waals surface area contributed by atoms with Gasteiger partial charge in [0, 0.05) is 7.05 Å². The highest BCUT2D eigenvalue weighted by molar-refractivity contribution is 6.39. The van der Waals surface area contributed by atoms with Crippen molar-refractivity contribution in [2.45, 2.75) is 19.3 Å². The number of anilines is 1. The van der Waals surface area contributed by atoms with Gasteiger partial charge in [0.15, 0.2) is 6.61 Å². The van der Waals surface area contributed by atoms with Crippen molar-refractivity contribution in [3.63, 3.8) is 0 Å². The third kappa shape index (κ3) is 4.93. The maximum atomic E-state index is 12.2. The number of carbonyl (C=O) groups excluding carboxylic acids is 2. The van der Waals surface area contributed by atoms with Crippen molar-refractivity contribution in [3.8, 4) is 5.75 Å². The van der Waals surface area contributed by atoms with Crippen LogP contribution in [-0.2, 0) is 22.4 Å². The van der Waals surface area contributed by atoms with Gasteiger partial charge < -0.3 is 15.0 Å². The first-order valence-corrected chi connectivity index (χ1v) is 9.42. The molecule has 2 aromatic rings. The molecule has 1 aliphatic rings. The molecule has 0 spiro atoms. The van der Waals surface area contributed by atoms with E-state index in [9.17, 15) is 9.59 Å². The maximum absolute atomic E-state index is 12.2. The van der Waals surface area contributed by atoms with E-state index < -0.39 is 5.91 Å². The predicted octanol–water partition coefficient (Wildman–Crippen LogP) is 3.96. The number of nitrogens with one attached hydrogen (secondary N) is 1. The van der Waals surface area contributed by atoms with Crippen LogP contribution in [0.2, 0.25) is 10.0 Å². The third-order valence-electron chi connectivity index (χ3n) is 4.47. The number of benzene rings is 2. The van der Waals surface area contributed by atoms with Crippen molar-refractivity contribution in [2.75, 3.05) is 25.5 Å². The van der Waals surface area contributed by atoms with Gasteiger partial charge in [0.1, 0.15) is 5.75 Å².